The van der Waals surface area contributed by atoms with Crippen molar-refractivity contribution in [3.63, 3.8) is 0 Å². The first-order chi connectivity index (χ1) is 4.63. The molecule has 0 aliphatic heterocycles. The standard InChI is InChI=1S/C9H11Cl/c1-6-4-5-7(2)9(10)8(6)3/h4-5H,1-3H3. The van der Waals surface area contributed by atoms with E-state index in [9.17, 15) is 0 Å². The summed E-state index contributed by atoms with van der Waals surface area (Å²) in [5, 5.41) is 0.903. The second-order valence-corrected chi connectivity index (χ2v) is 3.02. The van der Waals surface area contributed by atoms with Crippen LogP contribution in [0.5, 0.6) is 0 Å². The van der Waals surface area contributed by atoms with E-state index in [1.54, 1.807) is 0 Å². The van der Waals surface area contributed by atoms with E-state index in [2.05, 4.69) is 13.0 Å². The van der Waals surface area contributed by atoms with Gasteiger partial charge in [0.1, 0.15) is 0 Å². The second-order valence-electron chi connectivity index (χ2n) is 2.64. The normalized spacial score (nSPS) is 10.0. The van der Waals surface area contributed by atoms with Gasteiger partial charge in [-0.1, -0.05) is 23.7 Å². The topological polar surface area (TPSA) is 0 Å². The van der Waals surface area contributed by atoms with Gasteiger partial charge in [0.05, 0.1) is 0 Å². The maximum absolute atomic E-state index is 5.98. The molecule has 0 N–H and O–H groups in total. The monoisotopic (exact) mass is 154 g/mol. The summed E-state index contributed by atoms with van der Waals surface area (Å²) in [7, 11) is 0. The molecule has 1 aromatic carbocycles. The van der Waals surface area contributed by atoms with Crippen LogP contribution in [0.15, 0.2) is 12.1 Å². The molecule has 0 spiro atoms. The van der Waals surface area contributed by atoms with Gasteiger partial charge in [0.2, 0.25) is 0 Å². The predicted molar refractivity (Wildman–Crippen MR) is 45.7 cm³/mol. The summed E-state index contributed by atoms with van der Waals surface area (Å²) < 4.78 is 0. The van der Waals surface area contributed by atoms with Crippen molar-refractivity contribution in [2.24, 2.45) is 0 Å². The van der Waals surface area contributed by atoms with Gasteiger partial charge in [-0.15, -0.1) is 0 Å². The van der Waals surface area contributed by atoms with Gasteiger partial charge in [-0.3, -0.25) is 0 Å². The van der Waals surface area contributed by atoms with E-state index in [0.29, 0.717) is 0 Å². The van der Waals surface area contributed by atoms with Crippen LogP contribution >= 0.6 is 11.6 Å². The Labute approximate surface area is 66.8 Å². The van der Waals surface area contributed by atoms with Crippen LogP contribution in [0.2, 0.25) is 5.02 Å². The van der Waals surface area contributed by atoms with Gasteiger partial charge in [-0.2, -0.15) is 0 Å². The number of halogens is 1. The average molecular weight is 155 g/mol. The lowest BCUT2D eigenvalue weighted by atomic mass is 10.1. The number of aryl methyl sites for hydroxylation is 2. The third-order valence-corrected chi connectivity index (χ3v) is 2.43. The summed E-state index contributed by atoms with van der Waals surface area (Å²) in [5.74, 6) is 0. The van der Waals surface area contributed by atoms with Crippen LogP contribution in [0.3, 0.4) is 0 Å². The zero-order valence-electron chi connectivity index (χ0n) is 6.53. The molecule has 0 fully saturated rings. The zero-order valence-corrected chi connectivity index (χ0v) is 7.29. The molecular weight excluding hydrogens is 144 g/mol. The Balaban J connectivity index is 3.34. The van der Waals surface area contributed by atoms with Crippen molar-refractivity contribution in [3.8, 4) is 0 Å². The molecular formula is C9H11Cl. The van der Waals surface area contributed by atoms with Crippen molar-refractivity contribution in [2.75, 3.05) is 0 Å². The minimum absolute atomic E-state index is 0.903. The summed E-state index contributed by atoms with van der Waals surface area (Å²) in [6, 6.07) is 4.14. The van der Waals surface area contributed by atoms with Crippen LogP contribution in [0, 0.1) is 20.8 Å². The van der Waals surface area contributed by atoms with Gasteiger partial charge >= 0.3 is 0 Å². The molecule has 0 saturated carbocycles. The molecule has 0 amide bonds. The Hall–Kier alpha value is -0.490. The smallest absolute Gasteiger partial charge is 0.0466 e. The highest BCUT2D eigenvalue weighted by Gasteiger charge is 1.99. The zero-order chi connectivity index (χ0) is 7.72. The van der Waals surface area contributed by atoms with Gasteiger partial charge in [0.15, 0.2) is 0 Å². The Morgan fingerprint density at radius 1 is 1.00 bits per heavy atom. The SMILES string of the molecule is Cc1ccc(C)c(Cl)c1C. The number of benzene rings is 1. The first-order valence-electron chi connectivity index (χ1n) is 3.35. The highest BCUT2D eigenvalue weighted by Crippen LogP contribution is 2.22. The lowest BCUT2D eigenvalue weighted by Gasteiger charge is -2.04. The van der Waals surface area contributed by atoms with Crippen LogP contribution in [-0.4, -0.2) is 0 Å². The molecule has 54 valence electrons. The molecule has 0 saturated heterocycles. The van der Waals surface area contributed by atoms with E-state index in [0.717, 1.165) is 10.6 Å². The molecule has 0 atom stereocenters. The fourth-order valence-electron chi connectivity index (χ4n) is 0.917. The molecule has 0 aliphatic rings. The van der Waals surface area contributed by atoms with Gasteiger partial charge in [0.25, 0.3) is 0 Å². The summed E-state index contributed by atoms with van der Waals surface area (Å²) >= 11 is 5.98. The number of hydrogen-bond acceptors (Lipinski definition) is 0. The van der Waals surface area contributed by atoms with Gasteiger partial charge < -0.3 is 0 Å². The lowest BCUT2D eigenvalue weighted by molar-refractivity contribution is 1.30. The minimum Gasteiger partial charge on any atom is -0.0838 e. The Morgan fingerprint density at radius 2 is 1.50 bits per heavy atom. The first-order valence-corrected chi connectivity index (χ1v) is 3.73. The van der Waals surface area contributed by atoms with Crippen molar-refractivity contribution in [3.05, 3.63) is 33.8 Å². The molecule has 0 radical (unpaired) electrons. The highest BCUT2D eigenvalue weighted by molar-refractivity contribution is 6.32. The first kappa shape index (κ1) is 7.62. The second kappa shape index (κ2) is 2.63. The molecule has 1 aromatic rings. The third-order valence-electron chi connectivity index (χ3n) is 1.85. The van der Waals surface area contributed by atoms with Crippen molar-refractivity contribution in [2.45, 2.75) is 20.8 Å². The number of rotatable bonds is 0. The fraction of sp³-hybridized carbons (Fsp3) is 0.333. The molecule has 10 heavy (non-hydrogen) atoms. The van der Waals surface area contributed by atoms with Crippen LogP contribution in [0.1, 0.15) is 16.7 Å². The highest BCUT2D eigenvalue weighted by atomic mass is 35.5. The van der Waals surface area contributed by atoms with Gasteiger partial charge in [-0.05, 0) is 37.5 Å². The van der Waals surface area contributed by atoms with Crippen molar-refractivity contribution < 1.29 is 0 Å². The maximum atomic E-state index is 5.98. The van der Waals surface area contributed by atoms with Gasteiger partial charge in [-0.25, -0.2) is 0 Å². The van der Waals surface area contributed by atoms with Crippen molar-refractivity contribution in [1.29, 1.82) is 0 Å². The molecule has 0 aliphatic carbocycles. The number of hydrogen-bond donors (Lipinski definition) is 0. The molecule has 0 bridgehead atoms. The largest absolute Gasteiger partial charge is 0.0838 e. The van der Waals surface area contributed by atoms with Crippen molar-refractivity contribution >= 4 is 11.6 Å². The molecule has 1 rings (SSSR count). The molecule has 0 heterocycles. The van der Waals surface area contributed by atoms with Crippen LogP contribution in [0.25, 0.3) is 0 Å². The van der Waals surface area contributed by atoms with Crippen LogP contribution in [0.4, 0.5) is 0 Å². The molecule has 0 unspecified atom stereocenters. The van der Waals surface area contributed by atoms with Crippen molar-refractivity contribution in [1.82, 2.24) is 0 Å². The van der Waals surface area contributed by atoms with Crippen LogP contribution in [-0.2, 0) is 0 Å². The Morgan fingerprint density at radius 3 is 2.00 bits per heavy atom. The predicted octanol–water partition coefficient (Wildman–Crippen LogP) is 3.27. The van der Waals surface area contributed by atoms with E-state index in [-0.39, 0.29) is 0 Å². The van der Waals surface area contributed by atoms with E-state index in [1.165, 1.54) is 11.1 Å². The fourth-order valence-corrected chi connectivity index (χ4v) is 1.13. The summed E-state index contributed by atoms with van der Waals surface area (Å²) in [4.78, 5) is 0. The minimum atomic E-state index is 0.903. The van der Waals surface area contributed by atoms with Crippen LogP contribution < -0.4 is 0 Å². The summed E-state index contributed by atoms with van der Waals surface area (Å²) in [5.41, 5.74) is 3.61. The van der Waals surface area contributed by atoms with E-state index < -0.39 is 0 Å². The van der Waals surface area contributed by atoms with E-state index in [4.69, 9.17) is 11.6 Å². The maximum Gasteiger partial charge on any atom is 0.0466 e. The Kier molecular flexibility index (Phi) is 2.00. The quantitative estimate of drug-likeness (QED) is 0.538. The van der Waals surface area contributed by atoms with E-state index >= 15 is 0 Å². The average Bonchev–Trinajstić information content (AvgIpc) is 1.93. The Bertz CT molecular complexity index is 224. The molecule has 0 aromatic heterocycles. The summed E-state index contributed by atoms with van der Waals surface area (Å²) in [6.07, 6.45) is 0. The summed E-state index contributed by atoms with van der Waals surface area (Å²) in [6.45, 7) is 6.14. The van der Waals surface area contributed by atoms with Gasteiger partial charge in [0, 0.05) is 5.02 Å². The molecule has 1 heteroatoms. The third kappa shape index (κ3) is 1.17. The lowest BCUT2D eigenvalue weighted by Crippen LogP contribution is -1.84. The van der Waals surface area contributed by atoms with E-state index in [1.807, 2.05) is 19.9 Å². The molecule has 0 nitrogen and oxygen atoms in total.